The third-order valence-corrected chi connectivity index (χ3v) is 4.87. The third-order valence-electron chi connectivity index (χ3n) is 3.79. The van der Waals surface area contributed by atoms with Crippen molar-refractivity contribution >= 4 is 17.7 Å². The summed E-state index contributed by atoms with van der Waals surface area (Å²) in [6.45, 7) is 6.12. The number of imidazole rings is 1. The number of hydrogen-bond acceptors (Lipinski definition) is 3. The van der Waals surface area contributed by atoms with Crippen molar-refractivity contribution in [1.29, 1.82) is 0 Å². The molecule has 0 spiro atoms. The molecule has 5 heteroatoms. The van der Waals surface area contributed by atoms with Crippen molar-refractivity contribution in [3.63, 3.8) is 0 Å². The SMILES string of the molecule is Cc1ccc(-n2ccnc2S[C@@H](C)C(=O)NC2CC2)c(C)c1. The smallest absolute Gasteiger partial charge is 0.233 e. The zero-order chi connectivity index (χ0) is 15.7. The second-order valence-electron chi connectivity index (χ2n) is 5.91. The first-order valence-electron chi connectivity index (χ1n) is 7.62. The maximum Gasteiger partial charge on any atom is 0.233 e. The minimum Gasteiger partial charge on any atom is -0.352 e. The molecule has 0 aliphatic heterocycles. The third kappa shape index (κ3) is 3.35. The fraction of sp³-hybridized carbons (Fsp3) is 0.412. The number of aryl methyl sites for hydroxylation is 2. The number of carbonyl (C=O) groups is 1. The van der Waals surface area contributed by atoms with Gasteiger partial charge in [0.1, 0.15) is 0 Å². The van der Waals surface area contributed by atoms with Gasteiger partial charge in [0.05, 0.1) is 10.9 Å². The Morgan fingerprint density at radius 3 is 2.86 bits per heavy atom. The normalized spacial score (nSPS) is 15.6. The highest BCUT2D eigenvalue weighted by molar-refractivity contribution is 8.00. The van der Waals surface area contributed by atoms with E-state index in [1.807, 2.05) is 13.1 Å². The van der Waals surface area contributed by atoms with Crippen LogP contribution in [0.2, 0.25) is 0 Å². The van der Waals surface area contributed by atoms with E-state index in [-0.39, 0.29) is 11.2 Å². The quantitative estimate of drug-likeness (QED) is 0.862. The number of benzene rings is 1. The molecular weight excluding hydrogens is 294 g/mol. The molecule has 1 amide bonds. The summed E-state index contributed by atoms with van der Waals surface area (Å²) in [6.07, 6.45) is 5.96. The van der Waals surface area contributed by atoms with Gasteiger partial charge in [-0.05, 0) is 45.2 Å². The highest BCUT2D eigenvalue weighted by atomic mass is 32.2. The standard InChI is InChI=1S/C17H21N3OS/c1-11-4-7-15(12(2)10-11)20-9-8-18-17(20)22-13(3)16(21)19-14-5-6-14/h4,7-10,13-14H,5-6H2,1-3H3,(H,19,21)/t13-/m0/s1. The van der Waals surface area contributed by atoms with Gasteiger partial charge in [0.2, 0.25) is 5.91 Å². The van der Waals surface area contributed by atoms with Gasteiger partial charge in [0.15, 0.2) is 5.16 Å². The fourth-order valence-corrected chi connectivity index (χ4v) is 3.28. The van der Waals surface area contributed by atoms with E-state index < -0.39 is 0 Å². The molecule has 1 N–H and O–H groups in total. The highest BCUT2D eigenvalue weighted by Gasteiger charge is 2.26. The summed E-state index contributed by atoms with van der Waals surface area (Å²) in [5.74, 6) is 0.0997. The van der Waals surface area contributed by atoms with E-state index >= 15 is 0 Å². The van der Waals surface area contributed by atoms with Gasteiger partial charge in [-0.2, -0.15) is 0 Å². The summed E-state index contributed by atoms with van der Waals surface area (Å²) < 4.78 is 2.06. The van der Waals surface area contributed by atoms with E-state index in [2.05, 4.69) is 46.9 Å². The van der Waals surface area contributed by atoms with Crippen LogP contribution in [0.4, 0.5) is 0 Å². The van der Waals surface area contributed by atoms with E-state index in [0.717, 1.165) is 23.7 Å². The van der Waals surface area contributed by atoms with Crippen molar-refractivity contribution in [3.05, 3.63) is 41.7 Å². The molecule has 22 heavy (non-hydrogen) atoms. The lowest BCUT2D eigenvalue weighted by Gasteiger charge is -2.14. The number of hydrogen-bond donors (Lipinski definition) is 1. The van der Waals surface area contributed by atoms with E-state index in [1.165, 1.54) is 22.9 Å². The summed E-state index contributed by atoms with van der Waals surface area (Å²) in [6, 6.07) is 6.76. The largest absolute Gasteiger partial charge is 0.352 e. The van der Waals surface area contributed by atoms with Crippen LogP contribution in [-0.4, -0.2) is 26.8 Å². The monoisotopic (exact) mass is 315 g/mol. The Kier molecular flexibility index (Phi) is 4.25. The van der Waals surface area contributed by atoms with Crippen molar-refractivity contribution in [2.75, 3.05) is 0 Å². The first-order valence-corrected chi connectivity index (χ1v) is 8.50. The predicted octanol–water partition coefficient (Wildman–Crippen LogP) is 3.25. The molecule has 1 aromatic heterocycles. The van der Waals surface area contributed by atoms with Gasteiger partial charge < -0.3 is 5.32 Å². The molecule has 1 aliphatic carbocycles. The van der Waals surface area contributed by atoms with Crippen LogP contribution >= 0.6 is 11.8 Å². The zero-order valence-electron chi connectivity index (χ0n) is 13.2. The lowest BCUT2D eigenvalue weighted by molar-refractivity contribution is -0.120. The van der Waals surface area contributed by atoms with E-state index in [1.54, 1.807) is 6.20 Å². The maximum atomic E-state index is 12.1. The summed E-state index contributed by atoms with van der Waals surface area (Å²) in [7, 11) is 0. The average molecular weight is 315 g/mol. The minimum absolute atomic E-state index is 0.0997. The molecule has 1 saturated carbocycles. The summed E-state index contributed by atoms with van der Waals surface area (Å²) in [5.41, 5.74) is 3.56. The molecule has 1 aromatic carbocycles. The lowest BCUT2D eigenvalue weighted by atomic mass is 10.1. The number of rotatable bonds is 5. The first-order chi connectivity index (χ1) is 10.5. The summed E-state index contributed by atoms with van der Waals surface area (Å²) >= 11 is 1.50. The zero-order valence-corrected chi connectivity index (χ0v) is 14.0. The van der Waals surface area contributed by atoms with Crippen LogP contribution in [0, 0.1) is 13.8 Å². The molecule has 1 fully saturated rings. The number of aromatic nitrogens is 2. The molecule has 4 nitrogen and oxygen atoms in total. The molecular formula is C17H21N3OS. The van der Waals surface area contributed by atoms with Crippen LogP contribution in [0.3, 0.4) is 0 Å². The van der Waals surface area contributed by atoms with Gasteiger partial charge >= 0.3 is 0 Å². The molecule has 2 aromatic rings. The molecule has 1 aliphatic rings. The van der Waals surface area contributed by atoms with Crippen LogP contribution in [0.15, 0.2) is 35.7 Å². The van der Waals surface area contributed by atoms with Crippen molar-refractivity contribution in [1.82, 2.24) is 14.9 Å². The second kappa shape index (κ2) is 6.16. The lowest BCUT2D eigenvalue weighted by Crippen LogP contribution is -2.32. The van der Waals surface area contributed by atoms with Crippen LogP contribution < -0.4 is 5.32 Å². The predicted molar refractivity (Wildman–Crippen MR) is 89.5 cm³/mol. The number of amides is 1. The Morgan fingerprint density at radius 2 is 2.18 bits per heavy atom. The number of nitrogens with one attached hydrogen (secondary N) is 1. The van der Waals surface area contributed by atoms with Gasteiger partial charge in [-0.25, -0.2) is 4.98 Å². The van der Waals surface area contributed by atoms with Gasteiger partial charge in [-0.3, -0.25) is 9.36 Å². The summed E-state index contributed by atoms with van der Waals surface area (Å²) in [4.78, 5) is 16.5. The molecule has 1 heterocycles. The Balaban J connectivity index is 1.78. The van der Waals surface area contributed by atoms with E-state index in [9.17, 15) is 4.79 Å². The molecule has 0 radical (unpaired) electrons. The minimum atomic E-state index is -0.146. The first kappa shape index (κ1) is 15.2. The van der Waals surface area contributed by atoms with Crippen LogP contribution in [0.1, 0.15) is 30.9 Å². The van der Waals surface area contributed by atoms with Crippen LogP contribution in [0.5, 0.6) is 0 Å². The Bertz CT molecular complexity index is 691. The molecule has 3 rings (SSSR count). The van der Waals surface area contributed by atoms with Crippen LogP contribution in [0.25, 0.3) is 5.69 Å². The van der Waals surface area contributed by atoms with Gasteiger partial charge in [0, 0.05) is 18.4 Å². The molecule has 0 unspecified atom stereocenters. The average Bonchev–Trinajstić information content (AvgIpc) is 3.17. The van der Waals surface area contributed by atoms with E-state index in [0.29, 0.717) is 6.04 Å². The Morgan fingerprint density at radius 1 is 1.41 bits per heavy atom. The Labute approximate surface area is 135 Å². The van der Waals surface area contributed by atoms with Crippen molar-refractivity contribution < 1.29 is 4.79 Å². The van der Waals surface area contributed by atoms with Crippen molar-refractivity contribution in [2.24, 2.45) is 0 Å². The highest BCUT2D eigenvalue weighted by Crippen LogP contribution is 2.27. The number of thioether (sulfide) groups is 1. The maximum absolute atomic E-state index is 12.1. The van der Waals surface area contributed by atoms with Gasteiger partial charge in [0.25, 0.3) is 0 Å². The van der Waals surface area contributed by atoms with Gasteiger partial charge in [-0.15, -0.1) is 0 Å². The number of carbonyl (C=O) groups excluding carboxylic acids is 1. The fourth-order valence-electron chi connectivity index (χ4n) is 2.39. The van der Waals surface area contributed by atoms with Crippen molar-refractivity contribution in [3.8, 4) is 5.69 Å². The van der Waals surface area contributed by atoms with Gasteiger partial charge in [-0.1, -0.05) is 29.5 Å². The Hall–Kier alpha value is -1.75. The molecule has 0 bridgehead atoms. The molecule has 116 valence electrons. The van der Waals surface area contributed by atoms with Crippen molar-refractivity contribution in [2.45, 2.75) is 50.1 Å². The van der Waals surface area contributed by atoms with E-state index in [4.69, 9.17) is 0 Å². The summed E-state index contributed by atoms with van der Waals surface area (Å²) in [5, 5.41) is 3.75. The second-order valence-corrected chi connectivity index (χ2v) is 7.22. The number of nitrogens with zero attached hydrogens (tertiary/aromatic N) is 2. The van der Waals surface area contributed by atoms with Crippen LogP contribution in [-0.2, 0) is 4.79 Å². The topological polar surface area (TPSA) is 46.9 Å². The molecule has 0 saturated heterocycles. The molecule has 1 atom stereocenters.